The van der Waals surface area contributed by atoms with Crippen LogP contribution < -0.4 is 5.32 Å². The second-order valence-corrected chi connectivity index (χ2v) is 4.45. The molecular weight excluding hydrogens is 290 g/mol. The van der Waals surface area contributed by atoms with E-state index in [-0.39, 0.29) is 6.01 Å². The Hall–Kier alpha value is -3.02. The van der Waals surface area contributed by atoms with Gasteiger partial charge in [-0.05, 0) is 12.1 Å². The van der Waals surface area contributed by atoms with Crippen molar-refractivity contribution in [1.29, 1.82) is 0 Å². The molecule has 1 aromatic heterocycles. The summed E-state index contributed by atoms with van der Waals surface area (Å²) in [6.45, 7) is 0. The monoisotopic (exact) mass is 300 g/mol. The van der Waals surface area contributed by atoms with Gasteiger partial charge in [0, 0.05) is 5.56 Å². The Kier molecular flexibility index (Phi) is 3.65. The molecule has 1 heterocycles. The summed E-state index contributed by atoms with van der Waals surface area (Å²) < 4.78 is 32.1. The van der Waals surface area contributed by atoms with E-state index in [1.807, 2.05) is 30.3 Å². The van der Waals surface area contributed by atoms with Crippen LogP contribution in [0.1, 0.15) is 10.4 Å². The zero-order chi connectivity index (χ0) is 15.5. The van der Waals surface area contributed by atoms with Crippen LogP contribution in [0, 0.1) is 11.6 Å². The predicted octanol–water partition coefficient (Wildman–Crippen LogP) is 3.87. The second-order valence-electron chi connectivity index (χ2n) is 4.45. The second kappa shape index (κ2) is 5.77. The normalized spacial score (nSPS) is 10.5. The van der Waals surface area contributed by atoms with E-state index in [4.69, 9.17) is 4.42 Å². The average molecular weight is 300 g/mol. The summed E-state index contributed by atoms with van der Waals surface area (Å²) in [5.74, 6) is -2.86. The lowest BCUT2D eigenvalue weighted by molar-refractivity contribution is 0.101. The van der Waals surface area contributed by atoms with Gasteiger partial charge in [-0.3, -0.25) is 10.1 Å². The van der Waals surface area contributed by atoms with E-state index in [0.29, 0.717) is 5.69 Å². The van der Waals surface area contributed by atoms with Crippen molar-refractivity contribution >= 4 is 11.9 Å². The summed E-state index contributed by atoms with van der Waals surface area (Å²) in [5, 5.41) is 2.23. The van der Waals surface area contributed by atoms with Gasteiger partial charge in [-0.2, -0.15) is 4.98 Å². The summed E-state index contributed by atoms with van der Waals surface area (Å²) in [6, 6.07) is 12.2. The number of benzene rings is 2. The van der Waals surface area contributed by atoms with Crippen LogP contribution in [0.4, 0.5) is 14.8 Å². The van der Waals surface area contributed by atoms with Gasteiger partial charge >= 0.3 is 6.01 Å². The quantitative estimate of drug-likeness (QED) is 0.798. The fourth-order valence-electron chi connectivity index (χ4n) is 1.95. The molecule has 1 N–H and O–H groups in total. The molecule has 2 aromatic carbocycles. The van der Waals surface area contributed by atoms with Crippen molar-refractivity contribution in [1.82, 2.24) is 4.98 Å². The number of hydrogen-bond acceptors (Lipinski definition) is 3. The molecule has 0 bridgehead atoms. The summed E-state index contributed by atoms with van der Waals surface area (Å²) in [7, 11) is 0. The maximum atomic E-state index is 13.5. The van der Waals surface area contributed by atoms with E-state index >= 15 is 0 Å². The highest BCUT2D eigenvalue weighted by Crippen LogP contribution is 2.21. The third-order valence-corrected chi connectivity index (χ3v) is 2.98. The van der Waals surface area contributed by atoms with Crippen LogP contribution in [-0.4, -0.2) is 10.9 Å². The first-order valence-electron chi connectivity index (χ1n) is 6.41. The molecule has 0 saturated heterocycles. The molecule has 0 radical (unpaired) electrons. The molecule has 6 heteroatoms. The maximum absolute atomic E-state index is 13.5. The lowest BCUT2D eigenvalue weighted by Gasteiger charge is -2.03. The van der Waals surface area contributed by atoms with Crippen LogP contribution in [0.3, 0.4) is 0 Å². The number of halogens is 2. The molecule has 3 aromatic rings. The topological polar surface area (TPSA) is 55.1 Å². The van der Waals surface area contributed by atoms with E-state index in [0.717, 1.165) is 17.7 Å². The van der Waals surface area contributed by atoms with E-state index in [9.17, 15) is 13.6 Å². The first kappa shape index (κ1) is 13.9. The summed E-state index contributed by atoms with van der Waals surface area (Å²) >= 11 is 0. The van der Waals surface area contributed by atoms with Gasteiger partial charge < -0.3 is 4.42 Å². The molecule has 0 saturated carbocycles. The molecule has 0 aliphatic heterocycles. The smallest absolute Gasteiger partial charge is 0.302 e. The van der Waals surface area contributed by atoms with E-state index < -0.39 is 23.1 Å². The van der Waals surface area contributed by atoms with Gasteiger partial charge in [0.25, 0.3) is 5.91 Å². The highest BCUT2D eigenvalue weighted by molar-refractivity contribution is 6.03. The SMILES string of the molecule is O=C(Nc1nc(-c2ccccc2)co1)c1c(F)cccc1F. The number of rotatable bonds is 3. The minimum Gasteiger partial charge on any atom is -0.431 e. The van der Waals surface area contributed by atoms with Gasteiger partial charge in [0.2, 0.25) is 0 Å². The highest BCUT2D eigenvalue weighted by atomic mass is 19.1. The molecule has 0 aliphatic rings. The number of anilines is 1. The van der Waals surface area contributed by atoms with Crippen molar-refractivity contribution in [3.63, 3.8) is 0 Å². The largest absolute Gasteiger partial charge is 0.431 e. The Labute approximate surface area is 124 Å². The minimum absolute atomic E-state index is 0.133. The van der Waals surface area contributed by atoms with Crippen LogP contribution >= 0.6 is 0 Å². The van der Waals surface area contributed by atoms with Crippen molar-refractivity contribution < 1.29 is 18.0 Å². The number of hydrogen-bond donors (Lipinski definition) is 1. The highest BCUT2D eigenvalue weighted by Gasteiger charge is 2.19. The number of aromatic nitrogens is 1. The first-order chi connectivity index (χ1) is 10.6. The Morgan fingerprint density at radius 3 is 2.36 bits per heavy atom. The van der Waals surface area contributed by atoms with Crippen LogP contribution in [0.25, 0.3) is 11.3 Å². The molecule has 0 atom stereocenters. The summed E-state index contributed by atoms with van der Waals surface area (Å²) in [6.07, 6.45) is 1.35. The molecule has 0 spiro atoms. The summed E-state index contributed by atoms with van der Waals surface area (Å²) in [5.41, 5.74) is 0.621. The molecule has 0 fully saturated rings. The maximum Gasteiger partial charge on any atom is 0.302 e. The molecule has 3 rings (SSSR count). The molecule has 110 valence electrons. The fraction of sp³-hybridized carbons (Fsp3) is 0. The van der Waals surface area contributed by atoms with Gasteiger partial charge in [-0.15, -0.1) is 0 Å². The lowest BCUT2D eigenvalue weighted by Crippen LogP contribution is -2.16. The number of carbonyl (C=O) groups is 1. The first-order valence-corrected chi connectivity index (χ1v) is 6.41. The minimum atomic E-state index is -0.961. The van der Waals surface area contributed by atoms with Crippen LogP contribution in [-0.2, 0) is 0 Å². The van der Waals surface area contributed by atoms with E-state index in [1.165, 1.54) is 12.3 Å². The zero-order valence-electron chi connectivity index (χ0n) is 11.2. The van der Waals surface area contributed by atoms with Crippen molar-refractivity contribution in [3.8, 4) is 11.3 Å². The molecule has 0 aliphatic carbocycles. The summed E-state index contributed by atoms with van der Waals surface area (Å²) in [4.78, 5) is 16.0. The molecule has 22 heavy (non-hydrogen) atoms. The van der Waals surface area contributed by atoms with Gasteiger partial charge in [0.1, 0.15) is 29.2 Å². The third kappa shape index (κ3) is 2.71. The van der Waals surface area contributed by atoms with E-state index in [2.05, 4.69) is 10.3 Å². The van der Waals surface area contributed by atoms with Gasteiger partial charge in [-0.1, -0.05) is 36.4 Å². The Morgan fingerprint density at radius 2 is 1.68 bits per heavy atom. The average Bonchev–Trinajstić information content (AvgIpc) is 2.96. The van der Waals surface area contributed by atoms with Crippen molar-refractivity contribution in [2.24, 2.45) is 0 Å². The van der Waals surface area contributed by atoms with Gasteiger partial charge in [0.05, 0.1) is 0 Å². The number of oxazole rings is 1. The molecule has 1 amide bonds. The van der Waals surface area contributed by atoms with Crippen molar-refractivity contribution in [2.75, 3.05) is 5.32 Å². The van der Waals surface area contributed by atoms with Gasteiger partial charge in [0.15, 0.2) is 0 Å². The predicted molar refractivity (Wildman–Crippen MR) is 76.3 cm³/mol. The number of carbonyl (C=O) groups excluding carboxylic acids is 1. The zero-order valence-corrected chi connectivity index (χ0v) is 11.2. The fourth-order valence-corrected chi connectivity index (χ4v) is 1.95. The lowest BCUT2D eigenvalue weighted by atomic mass is 10.2. The van der Waals surface area contributed by atoms with Crippen LogP contribution in [0.2, 0.25) is 0 Å². The molecule has 0 unspecified atom stereocenters. The molecule has 4 nitrogen and oxygen atoms in total. The van der Waals surface area contributed by atoms with E-state index in [1.54, 1.807) is 0 Å². The van der Waals surface area contributed by atoms with Gasteiger partial charge in [-0.25, -0.2) is 8.78 Å². The number of amides is 1. The number of nitrogens with one attached hydrogen (secondary N) is 1. The third-order valence-electron chi connectivity index (χ3n) is 2.98. The Balaban J connectivity index is 1.82. The number of nitrogens with zero attached hydrogens (tertiary/aromatic N) is 1. The van der Waals surface area contributed by atoms with Crippen LogP contribution in [0.5, 0.6) is 0 Å². The standard InChI is InChI=1S/C16H10F2N2O2/c17-11-7-4-8-12(18)14(11)15(21)20-16-19-13(9-22-16)10-5-2-1-3-6-10/h1-9H,(H,19,20,21). The molecular formula is C16H10F2N2O2. The van der Waals surface area contributed by atoms with Crippen LogP contribution in [0.15, 0.2) is 59.2 Å². The Morgan fingerprint density at radius 1 is 1.00 bits per heavy atom. The van der Waals surface area contributed by atoms with Crippen molar-refractivity contribution in [3.05, 3.63) is 72.0 Å². The van der Waals surface area contributed by atoms with Crippen molar-refractivity contribution in [2.45, 2.75) is 0 Å². The Bertz CT molecular complexity index is 796.